The molecular weight excluding hydrogens is 286 g/mol. The van der Waals surface area contributed by atoms with Crippen LogP contribution in [0.1, 0.15) is 12.1 Å². The summed E-state index contributed by atoms with van der Waals surface area (Å²) in [7, 11) is 0. The second-order valence-electron chi connectivity index (χ2n) is 4.16. The Bertz CT molecular complexity index is 438. The van der Waals surface area contributed by atoms with Crippen molar-refractivity contribution in [2.75, 3.05) is 18.1 Å². The highest BCUT2D eigenvalue weighted by atomic mass is 32.2. The fourth-order valence-electron chi connectivity index (χ4n) is 1.89. The number of carbonyl (C=O) groups is 2. The van der Waals surface area contributed by atoms with Gasteiger partial charge in [-0.3, -0.25) is 4.79 Å². The maximum Gasteiger partial charge on any atom is 0.318 e. The van der Waals surface area contributed by atoms with E-state index >= 15 is 0 Å². The lowest BCUT2D eigenvalue weighted by molar-refractivity contribution is -0.137. The Hall–Kier alpha value is -1.28. The van der Waals surface area contributed by atoms with E-state index in [0.717, 1.165) is 11.4 Å². The molecule has 0 saturated carbocycles. The minimum absolute atomic E-state index is 0.00286. The third-order valence-electron chi connectivity index (χ3n) is 2.80. The first kappa shape index (κ1) is 14.1. The zero-order valence-electron chi connectivity index (χ0n) is 10.2. The van der Waals surface area contributed by atoms with Gasteiger partial charge < -0.3 is 15.3 Å². The molecule has 2 rings (SSSR count). The van der Waals surface area contributed by atoms with Gasteiger partial charge in [0.2, 0.25) is 0 Å². The first-order chi connectivity index (χ1) is 9.16. The van der Waals surface area contributed by atoms with Crippen molar-refractivity contribution >= 4 is 35.1 Å². The van der Waals surface area contributed by atoms with Crippen LogP contribution in [-0.2, 0) is 11.3 Å². The van der Waals surface area contributed by atoms with Gasteiger partial charge in [-0.05, 0) is 0 Å². The zero-order chi connectivity index (χ0) is 13.7. The molecule has 104 valence electrons. The lowest BCUT2D eigenvalue weighted by Gasteiger charge is -2.34. The standard InChI is InChI=1S/C11H15N3O3S2/c15-10(16)3-9-6-18-2-1-14(9)11(17)12-4-8-5-19-7-13-8/h5,7,9H,1-4,6H2,(H,12,17)(H,15,16). The van der Waals surface area contributed by atoms with E-state index in [1.807, 2.05) is 5.38 Å². The molecular formula is C11H15N3O3S2. The predicted octanol–water partition coefficient (Wildman–Crippen LogP) is 1.24. The molecule has 0 aromatic carbocycles. The highest BCUT2D eigenvalue weighted by molar-refractivity contribution is 7.99. The second-order valence-corrected chi connectivity index (χ2v) is 6.03. The topological polar surface area (TPSA) is 82.5 Å². The van der Waals surface area contributed by atoms with Gasteiger partial charge in [0, 0.05) is 23.4 Å². The fraction of sp³-hybridized carbons (Fsp3) is 0.545. The summed E-state index contributed by atoms with van der Waals surface area (Å²) in [6, 6.07) is -0.439. The third-order valence-corrected chi connectivity index (χ3v) is 4.53. The van der Waals surface area contributed by atoms with Crippen molar-refractivity contribution in [2.24, 2.45) is 0 Å². The van der Waals surface area contributed by atoms with Crippen LogP contribution in [-0.4, -0.2) is 51.1 Å². The van der Waals surface area contributed by atoms with E-state index in [4.69, 9.17) is 5.11 Å². The Morgan fingerprint density at radius 1 is 1.58 bits per heavy atom. The summed E-state index contributed by atoms with van der Waals surface area (Å²) in [5.41, 5.74) is 2.53. The van der Waals surface area contributed by atoms with Crippen LogP contribution in [0.15, 0.2) is 10.9 Å². The number of thiazole rings is 1. The molecule has 0 bridgehead atoms. The molecule has 0 aliphatic carbocycles. The van der Waals surface area contributed by atoms with Crippen molar-refractivity contribution in [3.8, 4) is 0 Å². The van der Waals surface area contributed by atoms with Gasteiger partial charge in [-0.15, -0.1) is 11.3 Å². The Morgan fingerprint density at radius 3 is 3.11 bits per heavy atom. The van der Waals surface area contributed by atoms with E-state index in [1.54, 1.807) is 22.2 Å². The molecule has 6 nitrogen and oxygen atoms in total. The molecule has 1 aromatic rings. The monoisotopic (exact) mass is 301 g/mol. The van der Waals surface area contributed by atoms with Crippen LogP contribution in [0.3, 0.4) is 0 Å². The Labute approximate surface area is 119 Å². The number of hydrogen-bond donors (Lipinski definition) is 2. The van der Waals surface area contributed by atoms with Crippen molar-refractivity contribution in [1.82, 2.24) is 15.2 Å². The molecule has 0 spiro atoms. The van der Waals surface area contributed by atoms with Gasteiger partial charge >= 0.3 is 12.0 Å². The fourth-order valence-corrected chi connectivity index (χ4v) is 3.51. The number of thioether (sulfide) groups is 1. The van der Waals surface area contributed by atoms with E-state index in [1.165, 1.54) is 11.3 Å². The maximum absolute atomic E-state index is 12.1. The number of urea groups is 1. The molecule has 1 aliphatic heterocycles. The van der Waals surface area contributed by atoms with E-state index in [0.29, 0.717) is 18.8 Å². The summed E-state index contributed by atoms with van der Waals surface area (Å²) in [5, 5.41) is 13.5. The van der Waals surface area contributed by atoms with Crippen LogP contribution >= 0.6 is 23.1 Å². The Kier molecular flexibility index (Phi) is 5.03. The van der Waals surface area contributed by atoms with E-state index in [-0.39, 0.29) is 18.5 Å². The van der Waals surface area contributed by atoms with Crippen LogP contribution in [0.2, 0.25) is 0 Å². The van der Waals surface area contributed by atoms with Crippen LogP contribution in [0.5, 0.6) is 0 Å². The van der Waals surface area contributed by atoms with E-state index in [2.05, 4.69) is 10.3 Å². The van der Waals surface area contributed by atoms with E-state index < -0.39 is 5.97 Å². The van der Waals surface area contributed by atoms with Crippen LogP contribution in [0, 0.1) is 0 Å². The van der Waals surface area contributed by atoms with Gasteiger partial charge in [0.15, 0.2) is 0 Å². The second kappa shape index (κ2) is 6.76. The molecule has 0 radical (unpaired) electrons. The first-order valence-electron chi connectivity index (χ1n) is 5.88. The Balaban J connectivity index is 1.89. The number of nitrogens with one attached hydrogen (secondary N) is 1. The minimum atomic E-state index is -0.871. The van der Waals surface area contributed by atoms with Crippen molar-refractivity contribution < 1.29 is 14.7 Å². The lowest BCUT2D eigenvalue weighted by Crippen LogP contribution is -2.51. The summed E-state index contributed by atoms with van der Waals surface area (Å²) in [6.45, 7) is 0.970. The Morgan fingerprint density at radius 2 is 2.42 bits per heavy atom. The molecule has 1 fully saturated rings. The molecule has 8 heteroatoms. The molecule has 19 heavy (non-hydrogen) atoms. The van der Waals surface area contributed by atoms with Crippen molar-refractivity contribution in [2.45, 2.75) is 19.0 Å². The number of nitrogens with zero attached hydrogens (tertiary/aromatic N) is 2. The summed E-state index contributed by atoms with van der Waals surface area (Å²) < 4.78 is 0. The molecule has 1 aromatic heterocycles. The van der Waals surface area contributed by atoms with Gasteiger partial charge in [0.25, 0.3) is 0 Å². The van der Waals surface area contributed by atoms with Crippen LogP contribution in [0.4, 0.5) is 4.79 Å². The highest BCUT2D eigenvalue weighted by Gasteiger charge is 2.28. The van der Waals surface area contributed by atoms with Crippen molar-refractivity contribution in [1.29, 1.82) is 0 Å². The highest BCUT2D eigenvalue weighted by Crippen LogP contribution is 2.19. The average Bonchev–Trinajstić information content (AvgIpc) is 2.89. The molecule has 2 N–H and O–H groups in total. The SMILES string of the molecule is O=C(O)CC1CSCCN1C(=O)NCc1cscn1. The van der Waals surface area contributed by atoms with Gasteiger partial charge in [-0.25, -0.2) is 9.78 Å². The molecule has 2 heterocycles. The van der Waals surface area contributed by atoms with E-state index in [9.17, 15) is 9.59 Å². The smallest absolute Gasteiger partial charge is 0.318 e. The van der Waals surface area contributed by atoms with Crippen LogP contribution < -0.4 is 5.32 Å². The zero-order valence-corrected chi connectivity index (χ0v) is 11.9. The normalized spacial score (nSPS) is 19.2. The number of hydrogen-bond acceptors (Lipinski definition) is 5. The van der Waals surface area contributed by atoms with Crippen LogP contribution in [0.25, 0.3) is 0 Å². The average molecular weight is 301 g/mol. The number of aromatic nitrogens is 1. The molecule has 1 unspecified atom stereocenters. The maximum atomic E-state index is 12.1. The summed E-state index contributed by atoms with van der Waals surface area (Å²) in [6.07, 6.45) is -0.00286. The molecule has 1 saturated heterocycles. The number of carbonyl (C=O) groups excluding carboxylic acids is 1. The summed E-state index contributed by atoms with van der Waals surface area (Å²) >= 11 is 3.17. The molecule has 2 amide bonds. The first-order valence-corrected chi connectivity index (χ1v) is 7.97. The summed E-state index contributed by atoms with van der Waals surface area (Å²) in [5.74, 6) is 0.654. The number of rotatable bonds is 4. The van der Waals surface area contributed by atoms with Crippen molar-refractivity contribution in [3.05, 3.63) is 16.6 Å². The number of carboxylic acid groups (broad SMARTS) is 1. The third kappa shape index (κ3) is 4.10. The quantitative estimate of drug-likeness (QED) is 0.874. The summed E-state index contributed by atoms with van der Waals surface area (Å²) in [4.78, 5) is 28.6. The minimum Gasteiger partial charge on any atom is -0.481 e. The lowest BCUT2D eigenvalue weighted by atomic mass is 10.2. The van der Waals surface area contributed by atoms with Gasteiger partial charge in [-0.1, -0.05) is 0 Å². The molecule has 1 atom stereocenters. The number of carboxylic acids is 1. The van der Waals surface area contributed by atoms with Gasteiger partial charge in [0.1, 0.15) is 0 Å². The largest absolute Gasteiger partial charge is 0.481 e. The van der Waals surface area contributed by atoms with Gasteiger partial charge in [-0.2, -0.15) is 11.8 Å². The number of aliphatic carboxylic acids is 1. The molecule has 1 aliphatic rings. The van der Waals surface area contributed by atoms with Crippen molar-refractivity contribution in [3.63, 3.8) is 0 Å². The van der Waals surface area contributed by atoms with Gasteiger partial charge in [0.05, 0.1) is 30.2 Å². The predicted molar refractivity (Wildman–Crippen MR) is 74.4 cm³/mol. The number of amides is 2.